The highest BCUT2D eigenvalue weighted by atomic mass is 19.1. The largest absolute Gasteiger partial charge is 0.394 e. The van der Waals surface area contributed by atoms with Crippen LogP contribution in [0.2, 0.25) is 0 Å². The minimum atomic E-state index is -0.312. The molecule has 29 heavy (non-hydrogen) atoms. The highest BCUT2D eigenvalue weighted by Gasteiger charge is 2.50. The van der Waals surface area contributed by atoms with Crippen LogP contribution in [0.1, 0.15) is 31.7 Å². The molecule has 6 heteroatoms. The summed E-state index contributed by atoms with van der Waals surface area (Å²) in [5.74, 6) is -0.453. The number of carbonyl (C=O) groups is 2. The van der Waals surface area contributed by atoms with E-state index in [0.717, 1.165) is 16.7 Å². The summed E-state index contributed by atoms with van der Waals surface area (Å²) in [4.78, 5) is 27.5. The van der Waals surface area contributed by atoms with E-state index in [-0.39, 0.29) is 42.2 Å². The number of nitrogens with zero attached hydrogens (tertiary/aromatic N) is 2. The van der Waals surface area contributed by atoms with Crippen molar-refractivity contribution in [3.63, 3.8) is 0 Å². The first-order valence-corrected chi connectivity index (χ1v) is 9.87. The van der Waals surface area contributed by atoms with Crippen molar-refractivity contribution in [1.29, 1.82) is 0 Å². The number of likely N-dealkylation sites (tertiary alicyclic amines) is 1. The van der Waals surface area contributed by atoms with Crippen molar-refractivity contribution in [2.24, 2.45) is 0 Å². The molecule has 0 bridgehead atoms. The van der Waals surface area contributed by atoms with Gasteiger partial charge in [0.1, 0.15) is 5.82 Å². The Labute approximate surface area is 170 Å². The number of hydrogen-bond acceptors (Lipinski definition) is 3. The quantitative estimate of drug-likeness (QED) is 0.814. The maximum absolute atomic E-state index is 13.5. The average Bonchev–Trinajstić information content (AvgIpc) is 2.70. The number of amides is 2. The van der Waals surface area contributed by atoms with E-state index >= 15 is 0 Å². The van der Waals surface area contributed by atoms with Gasteiger partial charge in [-0.3, -0.25) is 9.59 Å². The summed E-state index contributed by atoms with van der Waals surface area (Å²) in [7, 11) is 1.72. The zero-order valence-electron chi connectivity index (χ0n) is 17.0. The third kappa shape index (κ3) is 4.17. The van der Waals surface area contributed by atoms with Crippen LogP contribution in [-0.2, 0) is 9.59 Å². The van der Waals surface area contributed by atoms with Crippen molar-refractivity contribution in [3.05, 3.63) is 59.9 Å². The van der Waals surface area contributed by atoms with Crippen LogP contribution in [0.5, 0.6) is 0 Å². The molecule has 1 aliphatic rings. The molecule has 2 aromatic carbocycles. The molecule has 5 nitrogen and oxygen atoms in total. The lowest BCUT2D eigenvalue weighted by Gasteiger charge is -2.55. The molecule has 0 aromatic heterocycles. The van der Waals surface area contributed by atoms with Crippen LogP contribution in [0.4, 0.5) is 4.39 Å². The predicted molar refractivity (Wildman–Crippen MR) is 110 cm³/mol. The highest BCUT2D eigenvalue weighted by Crippen LogP contribution is 2.42. The Balaban J connectivity index is 1.89. The lowest BCUT2D eigenvalue weighted by molar-refractivity contribution is -0.153. The lowest BCUT2D eigenvalue weighted by Crippen LogP contribution is -2.68. The Hall–Kier alpha value is -2.73. The number of aliphatic hydroxyl groups excluding tert-OH is 1. The molecule has 1 fully saturated rings. The smallest absolute Gasteiger partial charge is 0.222 e. The summed E-state index contributed by atoms with van der Waals surface area (Å²) in [6.45, 7) is 3.57. The zero-order valence-corrected chi connectivity index (χ0v) is 17.0. The normalized spacial score (nSPS) is 20.9. The predicted octanol–water partition coefficient (Wildman–Crippen LogP) is 3.04. The number of rotatable bonds is 6. The van der Waals surface area contributed by atoms with Gasteiger partial charge >= 0.3 is 0 Å². The molecule has 0 unspecified atom stereocenters. The molecular formula is C23H27FN2O3. The number of halogens is 1. The van der Waals surface area contributed by atoms with Gasteiger partial charge in [0.2, 0.25) is 11.8 Å². The Bertz CT molecular complexity index is 884. The molecular weight excluding hydrogens is 371 g/mol. The van der Waals surface area contributed by atoms with E-state index in [1.54, 1.807) is 29.8 Å². The fraction of sp³-hybridized carbons (Fsp3) is 0.391. The van der Waals surface area contributed by atoms with Crippen LogP contribution in [0.25, 0.3) is 11.1 Å². The van der Waals surface area contributed by atoms with Gasteiger partial charge < -0.3 is 14.9 Å². The van der Waals surface area contributed by atoms with Crippen LogP contribution in [0.3, 0.4) is 0 Å². The SMILES string of the molecule is CCC(=O)N1[C@H](CO)[C@H](c2ccc(-c3cccc(F)c3)cc2)[C@@H]1CN(C)C(C)=O. The molecule has 3 rings (SSSR count). The molecule has 1 N–H and O–H groups in total. The van der Waals surface area contributed by atoms with Gasteiger partial charge in [0.05, 0.1) is 18.7 Å². The molecule has 1 aliphatic heterocycles. The fourth-order valence-electron chi connectivity index (χ4n) is 4.12. The number of hydrogen-bond donors (Lipinski definition) is 1. The number of benzene rings is 2. The second kappa shape index (κ2) is 8.74. The first-order valence-electron chi connectivity index (χ1n) is 9.87. The van der Waals surface area contributed by atoms with Gasteiger partial charge in [0.25, 0.3) is 0 Å². The molecule has 0 spiro atoms. The van der Waals surface area contributed by atoms with Gasteiger partial charge in [0, 0.05) is 32.9 Å². The first-order chi connectivity index (χ1) is 13.9. The van der Waals surface area contributed by atoms with E-state index in [9.17, 15) is 19.1 Å². The van der Waals surface area contributed by atoms with Gasteiger partial charge in [-0.15, -0.1) is 0 Å². The van der Waals surface area contributed by atoms with Gasteiger partial charge in [-0.25, -0.2) is 4.39 Å². The summed E-state index contributed by atoms with van der Waals surface area (Å²) < 4.78 is 13.5. The number of likely N-dealkylation sites (N-methyl/N-ethyl adjacent to an activating group) is 1. The van der Waals surface area contributed by atoms with E-state index in [1.165, 1.54) is 19.1 Å². The van der Waals surface area contributed by atoms with Gasteiger partial charge in [-0.1, -0.05) is 43.3 Å². The van der Waals surface area contributed by atoms with Crippen molar-refractivity contribution in [2.45, 2.75) is 38.3 Å². The maximum atomic E-state index is 13.5. The summed E-state index contributed by atoms with van der Waals surface area (Å²) in [5, 5.41) is 9.94. The van der Waals surface area contributed by atoms with Crippen LogP contribution < -0.4 is 0 Å². The molecule has 2 aromatic rings. The second-order valence-corrected chi connectivity index (χ2v) is 7.53. The van der Waals surface area contributed by atoms with Gasteiger partial charge in [0.15, 0.2) is 0 Å². The molecule has 154 valence electrons. The third-order valence-corrected chi connectivity index (χ3v) is 5.77. The second-order valence-electron chi connectivity index (χ2n) is 7.53. The summed E-state index contributed by atoms with van der Waals surface area (Å²) >= 11 is 0. The summed E-state index contributed by atoms with van der Waals surface area (Å²) in [6, 6.07) is 13.7. The van der Waals surface area contributed by atoms with Crippen molar-refractivity contribution in [1.82, 2.24) is 9.80 Å². The minimum absolute atomic E-state index is 0.0290. The lowest BCUT2D eigenvalue weighted by atomic mass is 9.74. The number of carbonyl (C=O) groups excluding carboxylic acids is 2. The van der Waals surface area contributed by atoms with E-state index in [1.807, 2.05) is 30.3 Å². The van der Waals surface area contributed by atoms with Crippen molar-refractivity contribution in [3.8, 4) is 11.1 Å². The van der Waals surface area contributed by atoms with Crippen molar-refractivity contribution in [2.75, 3.05) is 20.2 Å². The average molecular weight is 398 g/mol. The zero-order chi connectivity index (χ0) is 21.1. The Morgan fingerprint density at radius 2 is 1.79 bits per heavy atom. The van der Waals surface area contributed by atoms with E-state index in [0.29, 0.717) is 13.0 Å². The van der Waals surface area contributed by atoms with Crippen molar-refractivity contribution < 1.29 is 19.1 Å². The molecule has 2 amide bonds. The Kier molecular flexibility index (Phi) is 6.33. The van der Waals surface area contributed by atoms with Crippen LogP contribution >= 0.6 is 0 Å². The Morgan fingerprint density at radius 1 is 1.10 bits per heavy atom. The minimum Gasteiger partial charge on any atom is -0.394 e. The van der Waals surface area contributed by atoms with E-state index in [2.05, 4.69) is 0 Å². The summed E-state index contributed by atoms with van der Waals surface area (Å²) in [5.41, 5.74) is 2.68. The molecule has 0 saturated carbocycles. The third-order valence-electron chi connectivity index (χ3n) is 5.77. The molecule has 1 saturated heterocycles. The van der Waals surface area contributed by atoms with Gasteiger partial charge in [-0.2, -0.15) is 0 Å². The standard InChI is InChI=1S/C23H27FN2O3/c1-4-22(29)26-20(13-25(3)15(2)28)23(21(26)14-27)17-10-8-16(9-11-17)18-6-5-7-19(24)12-18/h5-12,20-21,23,27H,4,13-14H2,1-3H3/t20-,21+,23+/m0/s1. The highest BCUT2D eigenvalue weighted by molar-refractivity contribution is 5.79. The molecule has 0 radical (unpaired) electrons. The maximum Gasteiger partial charge on any atom is 0.222 e. The Morgan fingerprint density at radius 3 is 2.34 bits per heavy atom. The van der Waals surface area contributed by atoms with Gasteiger partial charge in [-0.05, 0) is 28.8 Å². The van der Waals surface area contributed by atoms with E-state index in [4.69, 9.17) is 0 Å². The first kappa shape index (κ1) is 21.0. The van der Waals surface area contributed by atoms with E-state index < -0.39 is 0 Å². The topological polar surface area (TPSA) is 60.9 Å². The fourth-order valence-corrected chi connectivity index (χ4v) is 4.12. The van der Waals surface area contributed by atoms with Crippen molar-refractivity contribution >= 4 is 11.8 Å². The van der Waals surface area contributed by atoms with Crippen LogP contribution in [0.15, 0.2) is 48.5 Å². The molecule has 0 aliphatic carbocycles. The molecule has 1 heterocycles. The molecule has 3 atom stereocenters. The van der Waals surface area contributed by atoms with Crippen LogP contribution in [0, 0.1) is 5.82 Å². The monoisotopic (exact) mass is 398 g/mol. The number of aliphatic hydroxyl groups is 1. The summed E-state index contributed by atoms with van der Waals surface area (Å²) in [6.07, 6.45) is 0.349. The van der Waals surface area contributed by atoms with Crippen LogP contribution in [-0.4, -0.2) is 59.0 Å².